The van der Waals surface area contributed by atoms with Crippen molar-refractivity contribution in [3.63, 3.8) is 0 Å². The van der Waals surface area contributed by atoms with Gasteiger partial charge in [0.25, 0.3) is 0 Å². The summed E-state index contributed by atoms with van der Waals surface area (Å²) in [7, 11) is 0. The molecule has 1 atom stereocenters. The first-order valence-electron chi connectivity index (χ1n) is 8.11. The van der Waals surface area contributed by atoms with Gasteiger partial charge in [0, 0.05) is 10.9 Å². The molecule has 22 heavy (non-hydrogen) atoms. The highest BCUT2D eigenvalue weighted by Crippen LogP contribution is 2.50. The molecule has 0 fully saturated rings. The van der Waals surface area contributed by atoms with E-state index >= 15 is 0 Å². The Morgan fingerprint density at radius 3 is 2.82 bits per heavy atom. The van der Waals surface area contributed by atoms with E-state index in [0.717, 1.165) is 18.6 Å². The van der Waals surface area contributed by atoms with Gasteiger partial charge in [-0.1, -0.05) is 49.4 Å². The Hall–Kier alpha value is -2.28. The third kappa shape index (κ3) is 1.49. The molecule has 0 bridgehead atoms. The Labute approximate surface area is 130 Å². The minimum Gasteiger partial charge on any atom is -0.488 e. The Morgan fingerprint density at radius 2 is 1.91 bits per heavy atom. The van der Waals surface area contributed by atoms with Gasteiger partial charge in [-0.2, -0.15) is 0 Å². The first kappa shape index (κ1) is 12.3. The summed E-state index contributed by atoms with van der Waals surface area (Å²) in [6.45, 7) is 3.04. The van der Waals surface area contributed by atoms with E-state index in [1.807, 2.05) is 0 Å². The molecule has 1 aliphatic heterocycles. The van der Waals surface area contributed by atoms with E-state index in [2.05, 4.69) is 55.5 Å². The van der Waals surface area contributed by atoms with E-state index in [1.165, 1.54) is 33.0 Å². The predicted molar refractivity (Wildman–Crippen MR) is 92.0 cm³/mol. The molecule has 2 aliphatic carbocycles. The molecular formula is C21H18O. The second-order valence-electron chi connectivity index (χ2n) is 6.51. The molecule has 3 aliphatic rings. The summed E-state index contributed by atoms with van der Waals surface area (Å²) in [4.78, 5) is 0. The van der Waals surface area contributed by atoms with Crippen molar-refractivity contribution in [3.05, 3.63) is 64.8 Å². The lowest BCUT2D eigenvalue weighted by Gasteiger charge is -2.22. The maximum atomic E-state index is 6.02. The van der Waals surface area contributed by atoms with Crippen molar-refractivity contribution in [3.8, 4) is 5.75 Å². The molecule has 108 valence electrons. The van der Waals surface area contributed by atoms with E-state index in [-0.39, 0.29) is 0 Å². The van der Waals surface area contributed by atoms with Gasteiger partial charge in [0.15, 0.2) is 0 Å². The molecular weight excluding hydrogens is 268 g/mol. The summed E-state index contributed by atoms with van der Waals surface area (Å²) in [5, 5.41) is 2.62. The number of rotatable bonds is 0. The van der Waals surface area contributed by atoms with Gasteiger partial charge in [-0.15, -0.1) is 0 Å². The maximum Gasteiger partial charge on any atom is 0.135 e. The normalized spacial score (nSPS) is 21.6. The Morgan fingerprint density at radius 1 is 1.05 bits per heavy atom. The third-order valence-electron chi connectivity index (χ3n) is 5.20. The fourth-order valence-corrected chi connectivity index (χ4v) is 4.29. The van der Waals surface area contributed by atoms with Gasteiger partial charge in [0.2, 0.25) is 0 Å². The van der Waals surface area contributed by atoms with Crippen LogP contribution in [0.2, 0.25) is 0 Å². The van der Waals surface area contributed by atoms with Gasteiger partial charge < -0.3 is 4.74 Å². The zero-order valence-electron chi connectivity index (χ0n) is 12.7. The van der Waals surface area contributed by atoms with Crippen molar-refractivity contribution in [2.45, 2.75) is 19.8 Å². The highest BCUT2D eigenvalue weighted by molar-refractivity contribution is 6.05. The van der Waals surface area contributed by atoms with Gasteiger partial charge in [-0.25, -0.2) is 0 Å². The average molecular weight is 286 g/mol. The fourth-order valence-electron chi connectivity index (χ4n) is 4.29. The van der Waals surface area contributed by atoms with Crippen LogP contribution in [0.4, 0.5) is 0 Å². The van der Waals surface area contributed by atoms with E-state index in [9.17, 15) is 0 Å². The Balaban J connectivity index is 1.93. The SMILES string of the molecule is CC1CC=CC2=C1c1c(c3c(c4ccccc14)OCC=C3)C2. The number of benzene rings is 2. The summed E-state index contributed by atoms with van der Waals surface area (Å²) >= 11 is 0. The smallest absolute Gasteiger partial charge is 0.135 e. The maximum absolute atomic E-state index is 6.02. The molecule has 0 saturated heterocycles. The number of allylic oxidation sites excluding steroid dienone is 4. The zero-order chi connectivity index (χ0) is 14.7. The van der Waals surface area contributed by atoms with Crippen molar-refractivity contribution in [2.24, 2.45) is 5.92 Å². The molecule has 5 rings (SSSR count). The molecule has 1 heterocycles. The van der Waals surface area contributed by atoms with Crippen LogP contribution in [0.25, 0.3) is 22.4 Å². The van der Waals surface area contributed by atoms with Crippen LogP contribution in [0.5, 0.6) is 5.75 Å². The average Bonchev–Trinajstić information content (AvgIpc) is 2.96. The summed E-state index contributed by atoms with van der Waals surface area (Å²) in [5.74, 6) is 1.68. The second kappa shape index (κ2) is 4.36. The molecule has 0 amide bonds. The standard InChI is InChI=1S/C21H18O/c1-13-6-4-7-14-12-18-17-10-5-11-22-21(17)16-9-3-2-8-15(16)20(18)19(13)14/h2-5,7-10,13H,6,11-12H2,1H3. The highest BCUT2D eigenvalue weighted by Gasteiger charge is 2.31. The van der Waals surface area contributed by atoms with Gasteiger partial charge >= 0.3 is 0 Å². The lowest BCUT2D eigenvalue weighted by Crippen LogP contribution is -2.06. The van der Waals surface area contributed by atoms with E-state index in [1.54, 1.807) is 5.57 Å². The van der Waals surface area contributed by atoms with Crippen molar-refractivity contribution in [1.29, 1.82) is 0 Å². The molecule has 2 aromatic carbocycles. The first-order valence-corrected chi connectivity index (χ1v) is 8.11. The minimum absolute atomic E-state index is 0.608. The third-order valence-corrected chi connectivity index (χ3v) is 5.20. The fraction of sp³-hybridized carbons (Fsp3) is 0.238. The van der Waals surface area contributed by atoms with Crippen LogP contribution in [-0.2, 0) is 6.42 Å². The summed E-state index contributed by atoms with van der Waals surface area (Å²) in [6, 6.07) is 8.73. The Bertz CT molecular complexity index is 896. The van der Waals surface area contributed by atoms with Crippen LogP contribution in [0.1, 0.15) is 30.0 Å². The second-order valence-corrected chi connectivity index (χ2v) is 6.51. The first-order chi connectivity index (χ1) is 10.8. The molecule has 0 spiro atoms. The number of fused-ring (bicyclic) bond motifs is 7. The lowest BCUT2D eigenvalue weighted by atomic mass is 9.84. The number of hydrogen-bond acceptors (Lipinski definition) is 1. The van der Waals surface area contributed by atoms with Crippen molar-refractivity contribution in [1.82, 2.24) is 0 Å². The Kier molecular flexibility index (Phi) is 2.43. The number of hydrogen-bond donors (Lipinski definition) is 0. The quantitative estimate of drug-likeness (QED) is 0.650. The van der Waals surface area contributed by atoms with E-state index in [0.29, 0.717) is 12.5 Å². The van der Waals surface area contributed by atoms with Crippen molar-refractivity contribution >= 4 is 22.4 Å². The largest absolute Gasteiger partial charge is 0.488 e. The van der Waals surface area contributed by atoms with E-state index < -0.39 is 0 Å². The molecule has 1 nitrogen and oxygen atoms in total. The van der Waals surface area contributed by atoms with Crippen LogP contribution >= 0.6 is 0 Å². The van der Waals surface area contributed by atoms with Crippen molar-refractivity contribution < 1.29 is 4.74 Å². The summed E-state index contributed by atoms with van der Waals surface area (Å²) in [6.07, 6.45) is 11.3. The number of ether oxygens (including phenoxy) is 1. The van der Waals surface area contributed by atoms with Crippen LogP contribution in [0, 0.1) is 5.92 Å². The van der Waals surface area contributed by atoms with Crippen LogP contribution in [0.3, 0.4) is 0 Å². The molecule has 1 heteroatoms. The summed E-state index contributed by atoms with van der Waals surface area (Å²) in [5.41, 5.74) is 7.32. The van der Waals surface area contributed by atoms with Gasteiger partial charge in [0.05, 0.1) is 0 Å². The molecule has 2 aromatic rings. The lowest BCUT2D eigenvalue weighted by molar-refractivity contribution is 0.362. The predicted octanol–water partition coefficient (Wildman–Crippen LogP) is 5.15. The van der Waals surface area contributed by atoms with Gasteiger partial charge in [-0.05, 0) is 52.5 Å². The molecule has 0 aromatic heterocycles. The van der Waals surface area contributed by atoms with Crippen LogP contribution in [0.15, 0.2) is 48.1 Å². The molecule has 0 N–H and O–H groups in total. The topological polar surface area (TPSA) is 9.23 Å². The highest BCUT2D eigenvalue weighted by atomic mass is 16.5. The molecule has 1 unspecified atom stereocenters. The molecule has 0 saturated carbocycles. The minimum atomic E-state index is 0.608. The van der Waals surface area contributed by atoms with Gasteiger partial charge in [-0.3, -0.25) is 0 Å². The van der Waals surface area contributed by atoms with E-state index in [4.69, 9.17) is 4.74 Å². The van der Waals surface area contributed by atoms with Crippen LogP contribution < -0.4 is 4.74 Å². The molecule has 0 radical (unpaired) electrons. The summed E-state index contributed by atoms with van der Waals surface area (Å²) < 4.78 is 6.02. The van der Waals surface area contributed by atoms with Crippen LogP contribution in [-0.4, -0.2) is 6.61 Å². The monoisotopic (exact) mass is 286 g/mol. The zero-order valence-corrected chi connectivity index (χ0v) is 12.7. The van der Waals surface area contributed by atoms with Gasteiger partial charge in [0.1, 0.15) is 12.4 Å². The van der Waals surface area contributed by atoms with Crippen molar-refractivity contribution in [2.75, 3.05) is 6.61 Å².